The summed E-state index contributed by atoms with van der Waals surface area (Å²) in [5.41, 5.74) is 3.73. The molecule has 0 aliphatic rings. The normalized spacial score (nSPS) is 12.4. The van der Waals surface area contributed by atoms with Crippen molar-refractivity contribution in [2.45, 2.75) is 32.2 Å². The van der Waals surface area contributed by atoms with Gasteiger partial charge in [0.25, 0.3) is 0 Å². The Kier molecular flexibility index (Phi) is 4.93. The van der Waals surface area contributed by atoms with E-state index in [2.05, 4.69) is 22.0 Å². The molecule has 0 saturated carbocycles. The van der Waals surface area contributed by atoms with Crippen molar-refractivity contribution < 1.29 is 0 Å². The van der Waals surface area contributed by atoms with E-state index in [0.717, 1.165) is 30.8 Å². The fourth-order valence-corrected chi connectivity index (χ4v) is 1.45. The molecule has 1 aromatic heterocycles. The molecule has 0 fully saturated rings. The van der Waals surface area contributed by atoms with Crippen LogP contribution in [0.1, 0.15) is 36.8 Å². The van der Waals surface area contributed by atoms with Gasteiger partial charge in [-0.05, 0) is 32.3 Å². The number of unbranched alkanes of at least 4 members (excludes halogenated alkanes) is 1. The zero-order valence-electron chi connectivity index (χ0n) is 9.11. The Bertz CT molecular complexity index is 311. The molecule has 3 N–H and O–H groups in total. The van der Waals surface area contributed by atoms with Gasteiger partial charge in [-0.1, -0.05) is 6.08 Å². The summed E-state index contributed by atoms with van der Waals surface area (Å²) in [5.74, 6) is 6.28. The Balaban J connectivity index is 2.61. The molecule has 0 amide bonds. The van der Waals surface area contributed by atoms with Crippen molar-refractivity contribution in [1.29, 1.82) is 0 Å². The van der Waals surface area contributed by atoms with Gasteiger partial charge in [-0.2, -0.15) is 0 Å². The number of nitrogens with zero attached hydrogens (tertiary/aromatic N) is 2. The third kappa shape index (κ3) is 3.77. The number of nitrogens with one attached hydrogen (secondary N) is 1. The molecule has 15 heavy (non-hydrogen) atoms. The average molecular weight is 206 g/mol. The van der Waals surface area contributed by atoms with Gasteiger partial charge in [0.1, 0.15) is 5.82 Å². The Morgan fingerprint density at radius 3 is 3.07 bits per heavy atom. The maximum Gasteiger partial charge on any atom is 0.125 e. The number of aromatic nitrogens is 2. The fourth-order valence-electron chi connectivity index (χ4n) is 1.45. The predicted octanol–water partition coefficient (Wildman–Crippen LogP) is 1.65. The Hall–Kier alpha value is -1.26. The van der Waals surface area contributed by atoms with Crippen LogP contribution in [0.2, 0.25) is 0 Å². The monoisotopic (exact) mass is 206 g/mol. The number of nitrogens with two attached hydrogens (primary N) is 1. The highest BCUT2D eigenvalue weighted by atomic mass is 15.2. The lowest BCUT2D eigenvalue weighted by atomic mass is 10.1. The highest BCUT2D eigenvalue weighted by molar-refractivity contribution is 5.06. The van der Waals surface area contributed by atoms with Gasteiger partial charge in [-0.15, -0.1) is 6.58 Å². The lowest BCUT2D eigenvalue weighted by Gasteiger charge is -2.14. The molecular weight excluding hydrogens is 188 g/mol. The highest BCUT2D eigenvalue weighted by Gasteiger charge is 2.10. The van der Waals surface area contributed by atoms with Gasteiger partial charge < -0.3 is 0 Å². The molecule has 1 atom stereocenters. The van der Waals surface area contributed by atoms with Crippen LogP contribution in [0.15, 0.2) is 24.9 Å². The molecule has 0 saturated heterocycles. The number of hydrazine groups is 1. The van der Waals surface area contributed by atoms with Crippen molar-refractivity contribution in [3.63, 3.8) is 0 Å². The smallest absolute Gasteiger partial charge is 0.125 e. The molecule has 0 aliphatic heterocycles. The maximum atomic E-state index is 5.50. The fraction of sp³-hybridized carbons (Fsp3) is 0.455. The zero-order chi connectivity index (χ0) is 11.1. The van der Waals surface area contributed by atoms with Crippen LogP contribution in [-0.2, 0) is 0 Å². The largest absolute Gasteiger partial charge is 0.271 e. The van der Waals surface area contributed by atoms with Crippen LogP contribution in [-0.4, -0.2) is 9.97 Å². The van der Waals surface area contributed by atoms with Crippen LogP contribution >= 0.6 is 0 Å². The van der Waals surface area contributed by atoms with Crippen LogP contribution < -0.4 is 11.3 Å². The third-order valence-electron chi connectivity index (χ3n) is 2.26. The quantitative estimate of drug-likeness (QED) is 0.321. The topological polar surface area (TPSA) is 63.8 Å². The van der Waals surface area contributed by atoms with Gasteiger partial charge in [0.2, 0.25) is 0 Å². The molecule has 1 unspecified atom stereocenters. The van der Waals surface area contributed by atoms with Gasteiger partial charge in [0.15, 0.2) is 0 Å². The van der Waals surface area contributed by atoms with E-state index in [1.54, 1.807) is 6.20 Å². The van der Waals surface area contributed by atoms with E-state index in [0.29, 0.717) is 0 Å². The van der Waals surface area contributed by atoms with Crippen LogP contribution in [0.4, 0.5) is 0 Å². The summed E-state index contributed by atoms with van der Waals surface area (Å²) in [4.78, 5) is 8.40. The Labute approximate surface area is 90.6 Å². The van der Waals surface area contributed by atoms with Gasteiger partial charge in [0, 0.05) is 6.20 Å². The molecule has 82 valence electrons. The third-order valence-corrected chi connectivity index (χ3v) is 2.26. The standard InChI is InChI=1S/C11H18N4/c1-3-4-5-6-11(15-12)10-7-8-13-9(2)14-10/h3,7-8,11,15H,1,4-6,12H2,2H3. The number of hydrogen-bond donors (Lipinski definition) is 2. The van der Waals surface area contributed by atoms with E-state index < -0.39 is 0 Å². The number of hydrogen-bond acceptors (Lipinski definition) is 4. The summed E-state index contributed by atoms with van der Waals surface area (Å²) in [5, 5.41) is 0. The Morgan fingerprint density at radius 2 is 2.47 bits per heavy atom. The summed E-state index contributed by atoms with van der Waals surface area (Å²) in [7, 11) is 0. The lowest BCUT2D eigenvalue weighted by molar-refractivity contribution is 0.488. The SMILES string of the molecule is C=CCCCC(NN)c1ccnc(C)n1. The second kappa shape index (κ2) is 6.27. The molecular formula is C11H18N4. The first-order valence-corrected chi connectivity index (χ1v) is 5.14. The van der Waals surface area contributed by atoms with E-state index in [1.807, 2.05) is 19.1 Å². The molecule has 0 aliphatic carbocycles. The van der Waals surface area contributed by atoms with Gasteiger partial charge in [-0.25, -0.2) is 9.97 Å². The minimum absolute atomic E-state index is 0.103. The van der Waals surface area contributed by atoms with Crippen molar-refractivity contribution in [3.8, 4) is 0 Å². The average Bonchev–Trinajstić information content (AvgIpc) is 2.24. The highest BCUT2D eigenvalue weighted by Crippen LogP contribution is 2.16. The number of allylic oxidation sites excluding steroid dienone is 1. The molecule has 1 heterocycles. The number of rotatable bonds is 6. The minimum atomic E-state index is 0.103. The first kappa shape index (κ1) is 11.8. The van der Waals surface area contributed by atoms with Crippen LogP contribution in [0, 0.1) is 6.92 Å². The van der Waals surface area contributed by atoms with Crippen molar-refractivity contribution in [3.05, 3.63) is 36.4 Å². The summed E-state index contributed by atoms with van der Waals surface area (Å²) in [6.45, 7) is 5.57. The van der Waals surface area contributed by atoms with Crippen molar-refractivity contribution in [2.75, 3.05) is 0 Å². The lowest BCUT2D eigenvalue weighted by Crippen LogP contribution is -2.28. The zero-order valence-corrected chi connectivity index (χ0v) is 9.11. The van der Waals surface area contributed by atoms with Gasteiger partial charge in [-0.3, -0.25) is 11.3 Å². The van der Waals surface area contributed by atoms with E-state index >= 15 is 0 Å². The molecule has 4 nitrogen and oxygen atoms in total. The van der Waals surface area contributed by atoms with E-state index in [-0.39, 0.29) is 6.04 Å². The second-order valence-corrected chi connectivity index (χ2v) is 3.47. The minimum Gasteiger partial charge on any atom is -0.271 e. The first-order valence-electron chi connectivity index (χ1n) is 5.14. The van der Waals surface area contributed by atoms with Crippen molar-refractivity contribution >= 4 is 0 Å². The number of aryl methyl sites for hydroxylation is 1. The van der Waals surface area contributed by atoms with Crippen LogP contribution in [0.5, 0.6) is 0 Å². The van der Waals surface area contributed by atoms with E-state index in [4.69, 9.17) is 5.84 Å². The van der Waals surface area contributed by atoms with Gasteiger partial charge in [0.05, 0.1) is 11.7 Å². The second-order valence-electron chi connectivity index (χ2n) is 3.47. The van der Waals surface area contributed by atoms with Crippen molar-refractivity contribution in [2.24, 2.45) is 5.84 Å². The van der Waals surface area contributed by atoms with Crippen molar-refractivity contribution in [1.82, 2.24) is 15.4 Å². The molecule has 0 aromatic carbocycles. The van der Waals surface area contributed by atoms with Gasteiger partial charge >= 0.3 is 0 Å². The molecule has 1 aromatic rings. The summed E-state index contributed by atoms with van der Waals surface area (Å²) >= 11 is 0. The summed E-state index contributed by atoms with van der Waals surface area (Å²) < 4.78 is 0. The van der Waals surface area contributed by atoms with E-state index in [9.17, 15) is 0 Å². The maximum absolute atomic E-state index is 5.50. The molecule has 4 heteroatoms. The van der Waals surface area contributed by atoms with Crippen LogP contribution in [0.25, 0.3) is 0 Å². The molecule has 0 radical (unpaired) electrons. The molecule has 0 bridgehead atoms. The summed E-state index contributed by atoms with van der Waals surface area (Å²) in [6, 6.07) is 2.00. The first-order chi connectivity index (χ1) is 7.27. The van der Waals surface area contributed by atoms with E-state index in [1.165, 1.54) is 0 Å². The van der Waals surface area contributed by atoms with Crippen LogP contribution in [0.3, 0.4) is 0 Å². The predicted molar refractivity (Wildman–Crippen MR) is 60.9 cm³/mol. The summed E-state index contributed by atoms with van der Waals surface area (Å²) in [6.07, 6.45) is 6.69. The molecule has 1 rings (SSSR count). The molecule has 0 spiro atoms. The Morgan fingerprint density at radius 1 is 1.67 bits per heavy atom.